The summed E-state index contributed by atoms with van der Waals surface area (Å²) in [6.45, 7) is -0.282. The van der Waals surface area contributed by atoms with Crippen LogP contribution in [0.1, 0.15) is 5.56 Å². The quantitative estimate of drug-likeness (QED) is 0.807. The van der Waals surface area contributed by atoms with E-state index in [1.165, 1.54) is 0 Å². The Morgan fingerprint density at radius 1 is 1.45 bits per heavy atom. The summed E-state index contributed by atoms with van der Waals surface area (Å²) in [5.74, 6) is -0.694. The summed E-state index contributed by atoms with van der Waals surface area (Å²) in [5.41, 5.74) is -0.880. The highest BCUT2D eigenvalue weighted by atomic mass is 79.9. The van der Waals surface area contributed by atoms with E-state index in [4.69, 9.17) is 0 Å². The predicted molar refractivity (Wildman–Crippen MR) is 71.7 cm³/mol. The average Bonchev–Trinajstić information content (AvgIpc) is 2.35. The third-order valence-electron chi connectivity index (χ3n) is 3.13. The lowest BCUT2D eigenvalue weighted by molar-refractivity contribution is -0.137. The van der Waals surface area contributed by atoms with E-state index < -0.39 is 36.5 Å². The van der Waals surface area contributed by atoms with Gasteiger partial charge in [-0.3, -0.25) is 4.79 Å². The maximum absolute atomic E-state index is 12.5. The Labute approximate surface area is 130 Å². The van der Waals surface area contributed by atoms with Gasteiger partial charge in [0.2, 0.25) is 5.91 Å². The zero-order valence-electron chi connectivity index (χ0n) is 11.0. The number of hydrogen-bond donors (Lipinski definition) is 1. The fourth-order valence-electron chi connectivity index (χ4n) is 1.96. The lowest BCUT2D eigenvalue weighted by Crippen LogP contribution is -2.54. The number of carbonyl (C=O) groups excluding carboxylic acids is 1. The van der Waals surface area contributed by atoms with Crippen molar-refractivity contribution in [3.8, 4) is 0 Å². The maximum atomic E-state index is 12.5. The summed E-state index contributed by atoms with van der Waals surface area (Å²) in [6, 6.07) is 0.909. The molecule has 0 aromatic carbocycles. The second-order valence-electron chi connectivity index (χ2n) is 4.77. The molecule has 1 N–H and O–H groups in total. The number of nitrogens with zero attached hydrogens (tertiary/aromatic N) is 2. The van der Waals surface area contributed by atoms with Crippen LogP contribution in [0.2, 0.25) is 0 Å². The average molecular weight is 388 g/mol. The number of halogens is 6. The van der Waals surface area contributed by atoms with Crippen molar-refractivity contribution in [3.05, 3.63) is 22.3 Å². The fourth-order valence-corrected chi connectivity index (χ4v) is 2.56. The minimum absolute atomic E-state index is 0.161. The van der Waals surface area contributed by atoms with E-state index in [2.05, 4.69) is 26.2 Å². The normalized spacial score (nSPS) is 15.9. The molecule has 22 heavy (non-hydrogen) atoms. The fraction of sp³-hybridized carbons (Fsp3) is 0.500. The Hall–Kier alpha value is -1.45. The molecule has 2 heterocycles. The van der Waals surface area contributed by atoms with Crippen LogP contribution in [0.4, 0.5) is 27.8 Å². The van der Waals surface area contributed by atoms with E-state index in [-0.39, 0.29) is 23.4 Å². The maximum Gasteiger partial charge on any atom is 0.417 e. The monoisotopic (exact) mass is 387 g/mol. The molecule has 4 nitrogen and oxygen atoms in total. The van der Waals surface area contributed by atoms with Crippen LogP contribution in [0.5, 0.6) is 0 Å². The number of alkyl halides is 5. The summed E-state index contributed by atoms with van der Waals surface area (Å²) >= 11 is 3.02. The molecule has 1 aromatic rings. The molecule has 122 valence electrons. The number of anilines is 1. The van der Waals surface area contributed by atoms with Gasteiger partial charge in [0.15, 0.2) is 0 Å². The minimum atomic E-state index is -4.49. The van der Waals surface area contributed by atoms with Crippen LogP contribution in [0, 0.1) is 5.92 Å². The van der Waals surface area contributed by atoms with E-state index in [9.17, 15) is 26.7 Å². The van der Waals surface area contributed by atoms with Crippen molar-refractivity contribution in [2.45, 2.75) is 12.6 Å². The predicted octanol–water partition coefficient (Wildman–Crippen LogP) is 2.68. The molecule has 0 spiro atoms. The molecule has 1 fully saturated rings. The number of nitrogens with one attached hydrogen (secondary N) is 1. The number of amides is 1. The van der Waals surface area contributed by atoms with Crippen LogP contribution in [-0.4, -0.2) is 37.0 Å². The van der Waals surface area contributed by atoms with Gasteiger partial charge in [0, 0.05) is 19.3 Å². The van der Waals surface area contributed by atoms with Crippen LogP contribution in [0.3, 0.4) is 0 Å². The third kappa shape index (κ3) is 3.84. The summed E-state index contributed by atoms with van der Waals surface area (Å²) in [6.07, 6.45) is -6.39. The van der Waals surface area contributed by atoms with E-state index in [1.807, 2.05) is 0 Å². The van der Waals surface area contributed by atoms with Crippen LogP contribution >= 0.6 is 15.9 Å². The molecule has 1 saturated heterocycles. The zero-order chi connectivity index (χ0) is 16.5. The topological polar surface area (TPSA) is 45.2 Å². The Balaban J connectivity index is 1.95. The number of pyridine rings is 1. The van der Waals surface area contributed by atoms with Gasteiger partial charge in [-0.25, -0.2) is 13.8 Å². The molecule has 1 aromatic heterocycles. The number of aromatic nitrogens is 1. The van der Waals surface area contributed by atoms with Gasteiger partial charge in [-0.15, -0.1) is 0 Å². The lowest BCUT2D eigenvalue weighted by atomic mass is 9.99. The van der Waals surface area contributed by atoms with Gasteiger partial charge in [-0.1, -0.05) is 0 Å². The molecular weight excluding hydrogens is 377 g/mol. The number of rotatable bonds is 4. The van der Waals surface area contributed by atoms with Crippen molar-refractivity contribution in [2.75, 3.05) is 24.5 Å². The van der Waals surface area contributed by atoms with Gasteiger partial charge in [0.25, 0.3) is 6.43 Å². The van der Waals surface area contributed by atoms with E-state index >= 15 is 0 Å². The van der Waals surface area contributed by atoms with Crippen molar-refractivity contribution >= 4 is 27.7 Å². The van der Waals surface area contributed by atoms with Crippen LogP contribution in [0.25, 0.3) is 0 Å². The molecule has 1 amide bonds. The molecule has 0 radical (unpaired) electrons. The summed E-state index contributed by atoms with van der Waals surface area (Å²) < 4.78 is 61.7. The van der Waals surface area contributed by atoms with Crippen molar-refractivity contribution in [2.24, 2.45) is 5.92 Å². The van der Waals surface area contributed by atoms with Gasteiger partial charge in [-0.05, 0) is 22.0 Å². The molecule has 0 saturated carbocycles. The largest absolute Gasteiger partial charge is 0.417 e. The molecule has 0 bridgehead atoms. The molecule has 2 rings (SSSR count). The molecule has 0 unspecified atom stereocenters. The van der Waals surface area contributed by atoms with Gasteiger partial charge >= 0.3 is 6.18 Å². The standard InChI is InChI=1S/C12H11BrF5N3O/c13-8-1-7(12(16,17)18)2-19-10(8)21-4-6(5-21)11(22)20-3-9(14)15/h1-2,6,9H,3-5H2,(H,20,22). The van der Waals surface area contributed by atoms with E-state index in [0.29, 0.717) is 6.20 Å². The van der Waals surface area contributed by atoms with Crippen molar-refractivity contribution in [1.82, 2.24) is 10.3 Å². The highest BCUT2D eigenvalue weighted by Crippen LogP contribution is 2.35. The highest BCUT2D eigenvalue weighted by molar-refractivity contribution is 9.10. The van der Waals surface area contributed by atoms with Crippen molar-refractivity contribution < 1.29 is 26.7 Å². The van der Waals surface area contributed by atoms with E-state index in [1.54, 1.807) is 4.90 Å². The smallest absolute Gasteiger partial charge is 0.354 e. The first kappa shape index (κ1) is 16.9. The molecular formula is C12H11BrF5N3O. The first-order valence-electron chi connectivity index (χ1n) is 6.22. The second-order valence-corrected chi connectivity index (χ2v) is 5.62. The van der Waals surface area contributed by atoms with Crippen molar-refractivity contribution in [1.29, 1.82) is 0 Å². The van der Waals surface area contributed by atoms with Crippen LogP contribution < -0.4 is 10.2 Å². The number of hydrogen-bond acceptors (Lipinski definition) is 3. The summed E-state index contributed by atoms with van der Waals surface area (Å²) in [4.78, 5) is 16.9. The van der Waals surface area contributed by atoms with E-state index in [0.717, 1.165) is 6.07 Å². The molecule has 0 atom stereocenters. The van der Waals surface area contributed by atoms with Gasteiger partial charge in [0.05, 0.1) is 22.5 Å². The second kappa shape index (κ2) is 6.35. The molecule has 1 aliphatic rings. The SMILES string of the molecule is O=C(NCC(F)F)C1CN(c2ncc(C(F)(F)F)cc2Br)C1. The summed E-state index contributed by atoms with van der Waals surface area (Å²) in [7, 11) is 0. The number of carbonyl (C=O) groups is 1. The first-order valence-corrected chi connectivity index (χ1v) is 7.01. The summed E-state index contributed by atoms with van der Waals surface area (Å²) in [5, 5.41) is 2.10. The Morgan fingerprint density at radius 2 is 2.09 bits per heavy atom. The molecule has 10 heteroatoms. The Morgan fingerprint density at radius 3 is 2.59 bits per heavy atom. The zero-order valence-corrected chi connectivity index (χ0v) is 12.6. The van der Waals surface area contributed by atoms with Crippen LogP contribution in [-0.2, 0) is 11.0 Å². The third-order valence-corrected chi connectivity index (χ3v) is 3.72. The van der Waals surface area contributed by atoms with Gasteiger partial charge in [-0.2, -0.15) is 13.2 Å². The molecule has 1 aliphatic heterocycles. The van der Waals surface area contributed by atoms with Crippen molar-refractivity contribution in [3.63, 3.8) is 0 Å². The Kier molecular flexibility index (Phi) is 4.88. The Bertz CT molecular complexity index is 560. The first-order chi connectivity index (χ1) is 10.2. The highest BCUT2D eigenvalue weighted by Gasteiger charge is 2.36. The van der Waals surface area contributed by atoms with Gasteiger partial charge in [0.1, 0.15) is 5.82 Å². The molecule has 0 aliphatic carbocycles. The lowest BCUT2D eigenvalue weighted by Gasteiger charge is -2.39. The van der Waals surface area contributed by atoms with Gasteiger partial charge < -0.3 is 10.2 Å². The van der Waals surface area contributed by atoms with Crippen LogP contribution in [0.15, 0.2) is 16.7 Å². The minimum Gasteiger partial charge on any atom is -0.354 e.